The van der Waals surface area contributed by atoms with Gasteiger partial charge in [0, 0.05) is 17.1 Å². The van der Waals surface area contributed by atoms with Gasteiger partial charge in [0.1, 0.15) is 0 Å². The summed E-state index contributed by atoms with van der Waals surface area (Å²) in [5.74, 6) is -0.373. The molecule has 1 aromatic rings. The molecular formula is C15H19BrN2O3. The number of hydrogen-bond donors (Lipinski definition) is 2. The van der Waals surface area contributed by atoms with Gasteiger partial charge in [-0.2, -0.15) is 0 Å². The van der Waals surface area contributed by atoms with Gasteiger partial charge in [-0.15, -0.1) is 0 Å². The predicted molar refractivity (Wildman–Crippen MR) is 84.7 cm³/mol. The molecule has 0 radical (unpaired) electrons. The number of carbonyl (C=O) groups is 2. The van der Waals surface area contributed by atoms with Crippen molar-refractivity contribution >= 4 is 33.6 Å². The summed E-state index contributed by atoms with van der Waals surface area (Å²) in [5, 5.41) is 11.8. The van der Waals surface area contributed by atoms with Crippen LogP contribution in [0.3, 0.4) is 0 Å². The Morgan fingerprint density at radius 2 is 2.10 bits per heavy atom. The Morgan fingerprint density at radius 3 is 2.57 bits per heavy atom. The number of nitrogens with one attached hydrogen (secondary N) is 1. The first-order chi connectivity index (χ1) is 9.88. The number of hydrogen-bond acceptors (Lipinski definition) is 2. The topological polar surface area (TPSA) is 69.6 Å². The van der Waals surface area contributed by atoms with Crippen LogP contribution in [0.5, 0.6) is 0 Å². The minimum absolute atomic E-state index is 0.127. The largest absolute Gasteiger partial charge is 0.478 e. The van der Waals surface area contributed by atoms with E-state index in [1.165, 1.54) is 25.0 Å². The summed E-state index contributed by atoms with van der Waals surface area (Å²) < 4.78 is 0.561. The van der Waals surface area contributed by atoms with E-state index in [2.05, 4.69) is 21.2 Å². The molecule has 2 N–H and O–H groups in total. The van der Waals surface area contributed by atoms with Gasteiger partial charge in [0.2, 0.25) is 0 Å². The highest BCUT2D eigenvalue weighted by molar-refractivity contribution is 9.10. The van der Waals surface area contributed by atoms with E-state index in [1.807, 2.05) is 18.7 Å². The van der Waals surface area contributed by atoms with Crippen LogP contribution >= 0.6 is 15.9 Å². The standard InChI is InChI=1S/C15H19BrN2O3/c1-9(2)18(8-10-3-4-10)15(21)17-13-6-5-11(14(19)20)7-12(13)16/h5-7,9-10H,3-4,8H2,1-2H3,(H,17,21)(H,19,20). The van der Waals surface area contributed by atoms with Crippen LogP contribution in [0, 0.1) is 5.92 Å². The lowest BCUT2D eigenvalue weighted by Gasteiger charge is -2.27. The van der Waals surface area contributed by atoms with Crippen LogP contribution in [0.4, 0.5) is 10.5 Å². The fourth-order valence-corrected chi connectivity index (χ4v) is 2.52. The molecule has 0 atom stereocenters. The van der Waals surface area contributed by atoms with E-state index in [0.717, 1.165) is 6.54 Å². The van der Waals surface area contributed by atoms with Crippen molar-refractivity contribution in [2.75, 3.05) is 11.9 Å². The lowest BCUT2D eigenvalue weighted by molar-refractivity contribution is 0.0697. The molecule has 0 aliphatic heterocycles. The molecule has 2 rings (SSSR count). The fourth-order valence-electron chi connectivity index (χ4n) is 2.04. The van der Waals surface area contributed by atoms with E-state index >= 15 is 0 Å². The second kappa shape index (κ2) is 6.47. The van der Waals surface area contributed by atoms with Crippen molar-refractivity contribution in [1.82, 2.24) is 4.90 Å². The second-order valence-corrected chi connectivity index (χ2v) is 6.47. The van der Waals surface area contributed by atoms with Crippen LogP contribution in [0.1, 0.15) is 37.0 Å². The van der Waals surface area contributed by atoms with Gasteiger partial charge in [-0.1, -0.05) is 0 Å². The molecule has 6 heteroatoms. The summed E-state index contributed by atoms with van der Waals surface area (Å²) in [6.45, 7) is 4.75. The van der Waals surface area contributed by atoms with Crippen molar-refractivity contribution in [3.05, 3.63) is 28.2 Å². The molecule has 21 heavy (non-hydrogen) atoms. The van der Waals surface area contributed by atoms with Crippen LogP contribution in [0.25, 0.3) is 0 Å². The third-order valence-corrected chi connectivity index (χ3v) is 4.15. The van der Waals surface area contributed by atoms with E-state index in [-0.39, 0.29) is 17.6 Å². The molecule has 1 aliphatic carbocycles. The number of nitrogens with zero attached hydrogens (tertiary/aromatic N) is 1. The zero-order valence-corrected chi connectivity index (χ0v) is 13.7. The number of urea groups is 1. The quantitative estimate of drug-likeness (QED) is 0.844. The number of anilines is 1. The minimum Gasteiger partial charge on any atom is -0.478 e. The molecule has 1 aliphatic rings. The summed E-state index contributed by atoms with van der Waals surface area (Å²) in [7, 11) is 0. The first kappa shape index (κ1) is 15.8. The fraction of sp³-hybridized carbons (Fsp3) is 0.467. The third kappa shape index (κ3) is 4.20. The number of benzene rings is 1. The Labute approximate surface area is 132 Å². The summed E-state index contributed by atoms with van der Waals surface area (Å²) in [6, 6.07) is 4.53. The molecule has 2 amide bonds. The Kier molecular flexibility index (Phi) is 4.88. The molecule has 0 aromatic heterocycles. The van der Waals surface area contributed by atoms with Crippen molar-refractivity contribution in [2.24, 2.45) is 5.92 Å². The molecule has 114 valence electrons. The molecule has 0 saturated heterocycles. The van der Waals surface area contributed by atoms with Crippen LogP contribution < -0.4 is 5.32 Å². The van der Waals surface area contributed by atoms with Crippen LogP contribution in [0.15, 0.2) is 22.7 Å². The van der Waals surface area contributed by atoms with Crippen molar-refractivity contribution in [1.29, 1.82) is 0 Å². The molecule has 0 bridgehead atoms. The lowest BCUT2D eigenvalue weighted by Crippen LogP contribution is -2.41. The molecular weight excluding hydrogens is 336 g/mol. The summed E-state index contributed by atoms with van der Waals surface area (Å²) >= 11 is 3.30. The minimum atomic E-state index is -0.994. The number of rotatable bonds is 5. The molecule has 0 heterocycles. The van der Waals surface area contributed by atoms with Crippen LogP contribution in [-0.4, -0.2) is 34.6 Å². The van der Waals surface area contributed by atoms with Gasteiger partial charge in [0.25, 0.3) is 0 Å². The van der Waals surface area contributed by atoms with Gasteiger partial charge < -0.3 is 15.3 Å². The maximum absolute atomic E-state index is 12.4. The first-order valence-electron chi connectivity index (χ1n) is 6.99. The highest BCUT2D eigenvalue weighted by Crippen LogP contribution is 2.31. The van der Waals surface area contributed by atoms with E-state index in [9.17, 15) is 9.59 Å². The lowest BCUT2D eigenvalue weighted by atomic mass is 10.2. The predicted octanol–water partition coefficient (Wildman–Crippen LogP) is 3.80. The smallest absolute Gasteiger partial charge is 0.335 e. The van der Waals surface area contributed by atoms with E-state index in [1.54, 1.807) is 6.07 Å². The maximum Gasteiger partial charge on any atom is 0.335 e. The van der Waals surface area contributed by atoms with Gasteiger partial charge in [-0.25, -0.2) is 9.59 Å². The number of aromatic carboxylic acids is 1. The maximum atomic E-state index is 12.4. The van der Waals surface area contributed by atoms with Gasteiger partial charge in [0.15, 0.2) is 0 Å². The van der Waals surface area contributed by atoms with Gasteiger partial charge in [-0.3, -0.25) is 0 Å². The average molecular weight is 355 g/mol. The number of carboxylic acid groups (broad SMARTS) is 1. The monoisotopic (exact) mass is 354 g/mol. The SMILES string of the molecule is CC(C)N(CC1CC1)C(=O)Nc1ccc(C(=O)O)cc1Br. The first-order valence-corrected chi connectivity index (χ1v) is 7.78. The van der Waals surface area contributed by atoms with Gasteiger partial charge >= 0.3 is 12.0 Å². The highest BCUT2D eigenvalue weighted by atomic mass is 79.9. The molecule has 1 fully saturated rings. The third-order valence-electron chi connectivity index (χ3n) is 3.49. The van der Waals surface area contributed by atoms with E-state index in [0.29, 0.717) is 16.1 Å². The van der Waals surface area contributed by atoms with Crippen LogP contribution in [-0.2, 0) is 0 Å². The number of carboxylic acids is 1. The highest BCUT2D eigenvalue weighted by Gasteiger charge is 2.28. The Morgan fingerprint density at radius 1 is 1.43 bits per heavy atom. The van der Waals surface area contributed by atoms with E-state index in [4.69, 9.17) is 5.11 Å². The summed E-state index contributed by atoms with van der Waals surface area (Å²) in [4.78, 5) is 25.1. The summed E-state index contributed by atoms with van der Waals surface area (Å²) in [5.41, 5.74) is 0.755. The van der Waals surface area contributed by atoms with Gasteiger partial charge in [-0.05, 0) is 66.7 Å². The van der Waals surface area contributed by atoms with Crippen molar-refractivity contribution in [3.8, 4) is 0 Å². The average Bonchev–Trinajstić information content (AvgIpc) is 3.21. The molecule has 0 spiro atoms. The Bertz CT molecular complexity index is 556. The van der Waals surface area contributed by atoms with Crippen LogP contribution in [0.2, 0.25) is 0 Å². The second-order valence-electron chi connectivity index (χ2n) is 5.62. The molecule has 1 saturated carbocycles. The van der Waals surface area contributed by atoms with Crippen molar-refractivity contribution in [3.63, 3.8) is 0 Å². The molecule has 5 nitrogen and oxygen atoms in total. The Hall–Kier alpha value is -1.56. The number of amides is 2. The normalized spacial score (nSPS) is 14.1. The molecule has 0 unspecified atom stereocenters. The number of carbonyl (C=O) groups excluding carboxylic acids is 1. The number of halogens is 1. The Balaban J connectivity index is 2.08. The molecule has 1 aromatic carbocycles. The van der Waals surface area contributed by atoms with Crippen molar-refractivity contribution in [2.45, 2.75) is 32.7 Å². The zero-order chi connectivity index (χ0) is 15.6. The summed E-state index contributed by atoms with van der Waals surface area (Å²) in [6.07, 6.45) is 2.38. The van der Waals surface area contributed by atoms with E-state index < -0.39 is 5.97 Å². The van der Waals surface area contributed by atoms with Crippen molar-refractivity contribution < 1.29 is 14.7 Å². The van der Waals surface area contributed by atoms with Gasteiger partial charge in [0.05, 0.1) is 11.3 Å². The zero-order valence-electron chi connectivity index (χ0n) is 12.1.